The van der Waals surface area contributed by atoms with Crippen molar-refractivity contribution in [2.24, 2.45) is 4.99 Å². The maximum atomic E-state index is 15.0. The number of aliphatic imine (C=N–C) groups is 1. The van der Waals surface area contributed by atoms with Gasteiger partial charge in [0, 0.05) is 11.8 Å². The molecule has 2 aromatic heterocycles. The largest absolute Gasteiger partial charge is 0.417 e. The number of anilines is 2. The van der Waals surface area contributed by atoms with E-state index < -0.39 is 23.6 Å². The Morgan fingerprint density at radius 3 is 2.55 bits per heavy atom. The minimum absolute atomic E-state index is 0.0874. The SMILES string of the molecule is Cc1ccc(C(C)C)c(N2C(=O)CSC2=NC(=O)Nc2ccc(-c3ncn(-c4ccc(C(F)(F)F)cn4)n3)cc2F)c1. The van der Waals surface area contributed by atoms with E-state index in [1.807, 2.05) is 39.0 Å². The lowest BCUT2D eigenvalue weighted by Crippen LogP contribution is -2.31. The highest BCUT2D eigenvalue weighted by Gasteiger charge is 2.33. The number of nitrogens with one attached hydrogen (secondary N) is 1. The molecular weight excluding hydrogens is 574 g/mol. The molecular formula is C28H23F4N7O2S. The molecule has 0 unspecified atom stereocenters. The van der Waals surface area contributed by atoms with E-state index in [4.69, 9.17) is 0 Å². The van der Waals surface area contributed by atoms with Crippen LogP contribution in [0.1, 0.15) is 36.5 Å². The first-order valence-corrected chi connectivity index (χ1v) is 13.6. The fourth-order valence-corrected chi connectivity index (χ4v) is 5.06. The van der Waals surface area contributed by atoms with Crippen LogP contribution in [0, 0.1) is 12.7 Å². The molecule has 0 radical (unpaired) electrons. The molecule has 216 valence electrons. The van der Waals surface area contributed by atoms with Crippen LogP contribution in [0.2, 0.25) is 0 Å². The topological polar surface area (TPSA) is 105 Å². The van der Waals surface area contributed by atoms with Crippen molar-refractivity contribution in [3.63, 3.8) is 0 Å². The third-order valence-electron chi connectivity index (χ3n) is 6.28. The van der Waals surface area contributed by atoms with E-state index in [0.717, 1.165) is 45.8 Å². The molecule has 0 spiro atoms. The predicted molar refractivity (Wildman–Crippen MR) is 151 cm³/mol. The number of amides is 3. The van der Waals surface area contributed by atoms with Gasteiger partial charge in [-0.2, -0.15) is 18.2 Å². The number of carbonyl (C=O) groups excluding carboxylic acids is 2. The van der Waals surface area contributed by atoms with Gasteiger partial charge in [0.05, 0.1) is 22.7 Å². The molecule has 2 aromatic carbocycles. The summed E-state index contributed by atoms with van der Waals surface area (Å²) in [6.07, 6.45) is -2.61. The lowest BCUT2D eigenvalue weighted by Gasteiger charge is -2.22. The van der Waals surface area contributed by atoms with E-state index in [1.165, 1.54) is 23.4 Å². The van der Waals surface area contributed by atoms with E-state index in [0.29, 0.717) is 11.9 Å². The van der Waals surface area contributed by atoms with Gasteiger partial charge in [0.25, 0.3) is 0 Å². The fraction of sp³-hybridized carbons (Fsp3) is 0.214. The molecule has 0 bridgehead atoms. The molecule has 0 saturated carbocycles. The lowest BCUT2D eigenvalue weighted by atomic mass is 9.99. The highest BCUT2D eigenvalue weighted by Crippen LogP contribution is 2.34. The Labute approximate surface area is 241 Å². The van der Waals surface area contributed by atoms with E-state index in [-0.39, 0.29) is 45.6 Å². The average Bonchev–Trinajstić information content (AvgIpc) is 3.56. The number of pyridine rings is 1. The van der Waals surface area contributed by atoms with Crippen molar-refractivity contribution in [2.45, 2.75) is 32.9 Å². The van der Waals surface area contributed by atoms with Crippen LogP contribution in [-0.4, -0.2) is 42.6 Å². The fourth-order valence-electron chi connectivity index (χ4n) is 4.20. The zero-order chi connectivity index (χ0) is 30.2. The van der Waals surface area contributed by atoms with Gasteiger partial charge in [-0.05, 0) is 60.4 Å². The second-order valence-electron chi connectivity index (χ2n) is 9.67. The molecule has 1 aliphatic heterocycles. The van der Waals surface area contributed by atoms with E-state index in [1.54, 1.807) is 0 Å². The number of aromatic nitrogens is 4. The predicted octanol–water partition coefficient (Wildman–Crippen LogP) is 6.59. The van der Waals surface area contributed by atoms with Crippen molar-refractivity contribution in [3.8, 4) is 17.2 Å². The molecule has 0 aliphatic carbocycles. The molecule has 1 saturated heterocycles. The minimum Gasteiger partial charge on any atom is -0.303 e. The average molecular weight is 598 g/mol. The van der Waals surface area contributed by atoms with Crippen LogP contribution in [-0.2, 0) is 11.0 Å². The number of thioether (sulfide) groups is 1. The first-order valence-electron chi connectivity index (χ1n) is 12.6. The van der Waals surface area contributed by atoms with Crippen LogP contribution < -0.4 is 10.2 Å². The molecule has 1 N–H and O–H groups in total. The minimum atomic E-state index is -4.52. The number of hydrogen-bond acceptors (Lipinski definition) is 6. The van der Waals surface area contributed by atoms with Gasteiger partial charge in [-0.3, -0.25) is 9.69 Å². The summed E-state index contributed by atoms with van der Waals surface area (Å²) >= 11 is 1.12. The summed E-state index contributed by atoms with van der Waals surface area (Å²) in [5, 5.41) is 6.75. The third kappa shape index (κ3) is 6.03. The number of urea groups is 1. The number of carbonyl (C=O) groups is 2. The molecule has 14 heteroatoms. The Hall–Kier alpha value is -4.59. The monoisotopic (exact) mass is 597 g/mol. The summed E-state index contributed by atoms with van der Waals surface area (Å²) in [6, 6.07) is 10.8. The summed E-state index contributed by atoms with van der Waals surface area (Å²) < 4.78 is 54.5. The van der Waals surface area contributed by atoms with Crippen molar-refractivity contribution in [3.05, 3.63) is 83.6 Å². The van der Waals surface area contributed by atoms with Crippen molar-refractivity contribution in [2.75, 3.05) is 16.0 Å². The number of hydrogen-bond donors (Lipinski definition) is 1. The zero-order valence-electron chi connectivity index (χ0n) is 22.5. The molecule has 3 amide bonds. The van der Waals surface area contributed by atoms with E-state index >= 15 is 0 Å². The van der Waals surface area contributed by atoms with Gasteiger partial charge < -0.3 is 5.32 Å². The Kier molecular flexibility index (Phi) is 7.82. The molecule has 9 nitrogen and oxygen atoms in total. The van der Waals surface area contributed by atoms with Gasteiger partial charge in [0.1, 0.15) is 12.1 Å². The summed E-state index contributed by atoms with van der Waals surface area (Å²) in [5.74, 6) is -0.597. The molecule has 3 heterocycles. The van der Waals surface area contributed by atoms with Crippen LogP contribution >= 0.6 is 11.8 Å². The number of amidine groups is 1. The normalized spacial score (nSPS) is 14.7. The lowest BCUT2D eigenvalue weighted by molar-refractivity contribution is -0.137. The molecule has 42 heavy (non-hydrogen) atoms. The van der Waals surface area contributed by atoms with Gasteiger partial charge in [-0.25, -0.2) is 23.8 Å². The number of rotatable bonds is 5. The van der Waals surface area contributed by atoms with Crippen LogP contribution in [0.25, 0.3) is 17.2 Å². The van der Waals surface area contributed by atoms with Crippen LogP contribution in [0.15, 0.2) is 66.0 Å². The standard InChI is InChI=1S/C28H23F4N7O2S/c1-15(2)19-7-4-16(3)10-22(19)39-24(40)13-42-27(39)36-26(41)35-21-8-5-17(11-20(21)29)25-34-14-38(37-25)23-9-6-18(12-33-23)28(30,31)32/h4-12,14-15H,13H2,1-3H3,(H,35,41). The number of aryl methyl sites for hydroxylation is 1. The van der Waals surface area contributed by atoms with Gasteiger partial charge in [-0.1, -0.05) is 37.7 Å². The Morgan fingerprint density at radius 1 is 1.10 bits per heavy atom. The number of nitrogens with zero attached hydrogens (tertiary/aromatic N) is 6. The number of benzene rings is 2. The van der Waals surface area contributed by atoms with Gasteiger partial charge in [-0.15, -0.1) is 5.10 Å². The molecule has 1 aliphatic rings. The van der Waals surface area contributed by atoms with Gasteiger partial charge >= 0.3 is 12.2 Å². The Morgan fingerprint density at radius 2 is 1.88 bits per heavy atom. The highest BCUT2D eigenvalue weighted by molar-refractivity contribution is 8.15. The quantitative estimate of drug-likeness (QED) is 0.261. The van der Waals surface area contributed by atoms with Crippen molar-refractivity contribution in [1.29, 1.82) is 0 Å². The number of alkyl halides is 3. The second-order valence-corrected chi connectivity index (χ2v) is 10.6. The highest BCUT2D eigenvalue weighted by atomic mass is 32.2. The summed E-state index contributed by atoms with van der Waals surface area (Å²) in [5.41, 5.74) is 1.72. The van der Waals surface area contributed by atoms with Crippen LogP contribution in [0.4, 0.5) is 33.7 Å². The third-order valence-corrected chi connectivity index (χ3v) is 7.21. The molecule has 5 rings (SSSR count). The van der Waals surface area contributed by atoms with Crippen molar-refractivity contribution < 1.29 is 27.2 Å². The first-order chi connectivity index (χ1) is 19.9. The Balaban J connectivity index is 1.33. The first kappa shape index (κ1) is 28.9. The van der Waals surface area contributed by atoms with Gasteiger partial charge in [0.2, 0.25) is 5.91 Å². The van der Waals surface area contributed by atoms with Crippen molar-refractivity contribution >= 4 is 40.2 Å². The maximum absolute atomic E-state index is 15.0. The summed E-state index contributed by atoms with van der Waals surface area (Å²) in [6.45, 7) is 5.91. The van der Waals surface area contributed by atoms with E-state index in [9.17, 15) is 27.2 Å². The zero-order valence-corrected chi connectivity index (χ0v) is 23.3. The van der Waals surface area contributed by atoms with Gasteiger partial charge in [0.15, 0.2) is 16.8 Å². The maximum Gasteiger partial charge on any atom is 0.417 e. The van der Waals surface area contributed by atoms with E-state index in [2.05, 4.69) is 25.4 Å². The molecule has 1 fully saturated rings. The van der Waals surface area contributed by atoms with Crippen molar-refractivity contribution in [1.82, 2.24) is 19.7 Å². The molecule has 4 aromatic rings. The van der Waals surface area contributed by atoms with Crippen LogP contribution in [0.5, 0.6) is 0 Å². The summed E-state index contributed by atoms with van der Waals surface area (Å²) in [7, 11) is 0. The summed E-state index contributed by atoms with van der Waals surface area (Å²) in [4.78, 5) is 38.8. The number of halogens is 4. The Bertz CT molecular complexity index is 1700. The molecule has 0 atom stereocenters. The smallest absolute Gasteiger partial charge is 0.303 e. The van der Waals surface area contributed by atoms with Crippen LogP contribution in [0.3, 0.4) is 0 Å². The second kappa shape index (κ2) is 11.4.